The zero-order valence-electron chi connectivity index (χ0n) is 12.5. The lowest BCUT2D eigenvalue weighted by atomic mass is 9.81. The van der Waals surface area contributed by atoms with E-state index in [1.54, 1.807) is 27.7 Å². The summed E-state index contributed by atoms with van der Waals surface area (Å²) in [5.74, 6) is -0.268. The van der Waals surface area contributed by atoms with Crippen molar-refractivity contribution >= 4 is 22.4 Å². The van der Waals surface area contributed by atoms with Crippen LogP contribution in [-0.2, 0) is 19.6 Å². The number of hydrogen-bond acceptors (Lipinski definition) is 5. The lowest BCUT2D eigenvalue weighted by Gasteiger charge is -2.40. The molecule has 1 amide bonds. The Balaban J connectivity index is 2.91. The topological polar surface area (TPSA) is 80.8 Å². The van der Waals surface area contributed by atoms with E-state index in [1.165, 1.54) is 0 Å². The highest BCUT2D eigenvalue weighted by atomic mass is 32.2. The first-order chi connectivity index (χ1) is 9.10. The van der Waals surface area contributed by atoms with E-state index in [4.69, 9.17) is 4.74 Å². The molecule has 0 N–H and O–H groups in total. The van der Waals surface area contributed by atoms with Gasteiger partial charge in [-0.3, -0.25) is 0 Å². The number of aldehydes is 1. The van der Waals surface area contributed by atoms with Gasteiger partial charge in [0.2, 0.25) is 10.0 Å². The first-order valence-electron chi connectivity index (χ1n) is 6.81. The molecule has 0 radical (unpaired) electrons. The Morgan fingerprint density at radius 1 is 1.35 bits per heavy atom. The normalized spacial score (nSPS) is 22.8. The van der Waals surface area contributed by atoms with Crippen LogP contribution in [0.2, 0.25) is 0 Å². The van der Waals surface area contributed by atoms with Crippen LogP contribution in [0.25, 0.3) is 0 Å². The predicted octanol–water partition coefficient (Wildman–Crippen LogP) is 1.94. The van der Waals surface area contributed by atoms with Crippen LogP contribution < -0.4 is 0 Å². The van der Waals surface area contributed by atoms with E-state index in [1.807, 2.05) is 0 Å². The molecule has 0 aromatic carbocycles. The van der Waals surface area contributed by atoms with E-state index < -0.39 is 27.8 Å². The summed E-state index contributed by atoms with van der Waals surface area (Å²) in [6.45, 7) is 6.79. The van der Waals surface area contributed by atoms with Crippen molar-refractivity contribution in [1.82, 2.24) is 4.31 Å². The van der Waals surface area contributed by atoms with Crippen molar-refractivity contribution in [3.8, 4) is 0 Å². The number of carbonyl (C=O) groups is 2. The molecule has 116 valence electrons. The smallest absolute Gasteiger partial charge is 0.424 e. The van der Waals surface area contributed by atoms with Gasteiger partial charge in [-0.15, -0.1) is 0 Å². The molecule has 0 aromatic heterocycles. The Kier molecular flexibility index (Phi) is 5.18. The summed E-state index contributed by atoms with van der Waals surface area (Å²) < 4.78 is 30.5. The van der Waals surface area contributed by atoms with Gasteiger partial charge in [-0.25, -0.2) is 17.5 Å². The Hall–Kier alpha value is -1.11. The van der Waals surface area contributed by atoms with Crippen LogP contribution in [0.3, 0.4) is 0 Å². The van der Waals surface area contributed by atoms with Gasteiger partial charge < -0.3 is 9.53 Å². The monoisotopic (exact) mass is 305 g/mol. The van der Waals surface area contributed by atoms with Crippen molar-refractivity contribution in [2.75, 3.05) is 5.75 Å². The molecule has 6 nitrogen and oxygen atoms in total. The number of carbonyl (C=O) groups excluding carboxylic acids is 2. The first-order valence-corrected chi connectivity index (χ1v) is 8.42. The fourth-order valence-corrected chi connectivity index (χ4v) is 3.69. The molecule has 7 heteroatoms. The molecule has 0 heterocycles. The van der Waals surface area contributed by atoms with Crippen LogP contribution >= 0.6 is 0 Å². The lowest BCUT2D eigenvalue weighted by molar-refractivity contribution is -0.114. The maximum Gasteiger partial charge on any atom is 0.424 e. The molecule has 0 bridgehead atoms. The molecule has 1 rings (SSSR count). The summed E-state index contributed by atoms with van der Waals surface area (Å²) in [7, 11) is -3.69. The molecule has 0 atom stereocenters. The largest absolute Gasteiger partial charge is 0.443 e. The Morgan fingerprint density at radius 3 is 2.30 bits per heavy atom. The molecule has 0 aromatic rings. The number of hydrogen-bond donors (Lipinski definition) is 0. The third-order valence-electron chi connectivity index (χ3n) is 3.01. The fraction of sp³-hybridized carbons (Fsp3) is 0.846. The SMILES string of the molecule is CCCS(=O)(=O)N(C(=O)OC(C)(C)C)C1CC(C=O)C1. The lowest BCUT2D eigenvalue weighted by Crippen LogP contribution is -2.53. The van der Waals surface area contributed by atoms with Gasteiger partial charge >= 0.3 is 6.09 Å². The zero-order chi connectivity index (χ0) is 15.6. The van der Waals surface area contributed by atoms with E-state index in [9.17, 15) is 18.0 Å². The molecule has 1 aliphatic carbocycles. The van der Waals surface area contributed by atoms with Gasteiger partial charge in [0.15, 0.2) is 0 Å². The van der Waals surface area contributed by atoms with E-state index in [-0.39, 0.29) is 11.7 Å². The van der Waals surface area contributed by atoms with E-state index in [0.717, 1.165) is 10.6 Å². The number of nitrogens with zero attached hydrogens (tertiary/aromatic N) is 1. The molecular weight excluding hydrogens is 282 g/mol. The van der Waals surface area contributed by atoms with E-state index in [2.05, 4.69) is 0 Å². The highest BCUT2D eigenvalue weighted by Gasteiger charge is 2.43. The minimum Gasteiger partial charge on any atom is -0.443 e. The second-order valence-corrected chi connectivity index (χ2v) is 8.08. The van der Waals surface area contributed by atoms with Crippen molar-refractivity contribution < 1.29 is 22.7 Å². The average molecular weight is 305 g/mol. The molecule has 20 heavy (non-hydrogen) atoms. The number of sulfonamides is 1. The summed E-state index contributed by atoms with van der Waals surface area (Å²) >= 11 is 0. The van der Waals surface area contributed by atoms with Gasteiger partial charge in [0.1, 0.15) is 11.9 Å². The third-order valence-corrected chi connectivity index (χ3v) is 4.98. The minimum absolute atomic E-state index is 0.103. The van der Waals surface area contributed by atoms with Crippen molar-refractivity contribution in [3.05, 3.63) is 0 Å². The molecule has 0 saturated heterocycles. The fourth-order valence-electron chi connectivity index (χ4n) is 2.09. The van der Waals surface area contributed by atoms with Crippen LogP contribution in [0.5, 0.6) is 0 Å². The number of amides is 1. The van der Waals surface area contributed by atoms with Crippen LogP contribution in [0.4, 0.5) is 4.79 Å². The third kappa shape index (κ3) is 4.19. The quantitative estimate of drug-likeness (QED) is 0.725. The number of ether oxygens (including phenoxy) is 1. The van der Waals surface area contributed by atoms with Crippen molar-refractivity contribution in [1.29, 1.82) is 0 Å². The second-order valence-electron chi connectivity index (χ2n) is 6.11. The summed E-state index contributed by atoms with van der Waals surface area (Å²) in [4.78, 5) is 22.8. The highest BCUT2D eigenvalue weighted by Crippen LogP contribution is 2.33. The van der Waals surface area contributed by atoms with E-state index in [0.29, 0.717) is 19.3 Å². The molecule has 0 spiro atoms. The molecule has 1 aliphatic rings. The summed E-state index contributed by atoms with van der Waals surface area (Å²) in [6, 6.07) is -0.461. The van der Waals surface area contributed by atoms with Gasteiger partial charge in [0.05, 0.1) is 11.8 Å². The Bertz CT molecular complexity index is 460. The maximum absolute atomic E-state index is 12.2. The summed E-state index contributed by atoms with van der Waals surface area (Å²) in [6.07, 6.45) is 1.14. The van der Waals surface area contributed by atoms with Crippen LogP contribution in [0, 0.1) is 5.92 Å². The van der Waals surface area contributed by atoms with Gasteiger partial charge in [0, 0.05) is 5.92 Å². The van der Waals surface area contributed by atoms with Crippen LogP contribution in [0.15, 0.2) is 0 Å². The average Bonchev–Trinajstić information content (AvgIpc) is 2.18. The molecule has 0 aliphatic heterocycles. The van der Waals surface area contributed by atoms with E-state index >= 15 is 0 Å². The minimum atomic E-state index is -3.69. The second kappa shape index (κ2) is 6.11. The molecule has 0 unspecified atom stereocenters. The van der Waals surface area contributed by atoms with Gasteiger partial charge in [0.25, 0.3) is 0 Å². The molecule has 1 fully saturated rings. The van der Waals surface area contributed by atoms with Crippen LogP contribution in [-0.4, -0.2) is 42.5 Å². The summed E-state index contributed by atoms with van der Waals surface area (Å²) in [5, 5.41) is 0. The van der Waals surface area contributed by atoms with Gasteiger partial charge in [-0.05, 0) is 40.0 Å². The first kappa shape index (κ1) is 16.9. The van der Waals surface area contributed by atoms with Gasteiger partial charge in [-0.1, -0.05) is 6.92 Å². The van der Waals surface area contributed by atoms with Gasteiger partial charge in [-0.2, -0.15) is 0 Å². The molecular formula is C13H23NO5S. The zero-order valence-corrected chi connectivity index (χ0v) is 13.3. The summed E-state index contributed by atoms with van der Waals surface area (Å²) in [5.41, 5.74) is -0.759. The highest BCUT2D eigenvalue weighted by molar-refractivity contribution is 7.89. The maximum atomic E-state index is 12.2. The standard InChI is InChI=1S/C13H23NO5S/c1-5-6-20(17,18)14(11-7-10(8-11)9-15)12(16)19-13(2,3)4/h9-11H,5-8H2,1-4H3. The predicted molar refractivity (Wildman–Crippen MR) is 74.7 cm³/mol. The van der Waals surface area contributed by atoms with Crippen LogP contribution in [0.1, 0.15) is 47.0 Å². The van der Waals surface area contributed by atoms with Crippen molar-refractivity contribution in [2.24, 2.45) is 5.92 Å². The molecule has 1 saturated carbocycles. The van der Waals surface area contributed by atoms with Crippen molar-refractivity contribution in [2.45, 2.75) is 58.6 Å². The Morgan fingerprint density at radius 2 is 1.90 bits per heavy atom. The number of rotatable bonds is 5. The Labute approximate surface area is 120 Å². The van der Waals surface area contributed by atoms with Crippen molar-refractivity contribution in [3.63, 3.8) is 0 Å².